The molecule has 0 heterocycles. The highest BCUT2D eigenvalue weighted by Crippen LogP contribution is 2.03. The van der Waals surface area contributed by atoms with Crippen molar-refractivity contribution in [3.8, 4) is 0 Å². The summed E-state index contributed by atoms with van der Waals surface area (Å²) in [5, 5.41) is 3.62. The Morgan fingerprint density at radius 1 is 1.44 bits per heavy atom. The molecule has 0 saturated heterocycles. The van der Waals surface area contributed by atoms with E-state index in [1.54, 1.807) is 0 Å². The molecule has 0 aliphatic carbocycles. The number of aryl methyl sites for hydroxylation is 1. The van der Waals surface area contributed by atoms with Gasteiger partial charge in [-0.2, -0.15) is 0 Å². The molecule has 1 rings (SSSR count). The number of halogens is 1. The van der Waals surface area contributed by atoms with Crippen LogP contribution in [0.5, 0.6) is 0 Å². The van der Waals surface area contributed by atoms with Gasteiger partial charge in [0.05, 0.1) is 13.2 Å². The first-order valence-corrected chi connectivity index (χ1v) is 6.35. The molecule has 1 aromatic carbocycles. The van der Waals surface area contributed by atoms with Crippen molar-refractivity contribution >= 4 is 21.8 Å². The molecule has 16 heavy (non-hydrogen) atoms. The summed E-state index contributed by atoms with van der Waals surface area (Å²) in [4.78, 5) is 11.7. The third-order valence-corrected chi connectivity index (χ3v) is 2.36. The van der Waals surface area contributed by atoms with Gasteiger partial charge in [0.25, 0.3) is 5.91 Å². The van der Waals surface area contributed by atoms with Crippen molar-refractivity contribution in [3.63, 3.8) is 0 Å². The molecule has 0 aromatic heterocycles. The van der Waals surface area contributed by atoms with Gasteiger partial charge in [0.1, 0.15) is 0 Å². The second-order valence-corrected chi connectivity index (χ2v) is 4.22. The van der Waals surface area contributed by atoms with Gasteiger partial charge in [0.2, 0.25) is 0 Å². The zero-order valence-corrected chi connectivity index (χ0v) is 10.9. The summed E-state index contributed by atoms with van der Waals surface area (Å²) in [5.41, 5.74) is 1.78. The van der Waals surface area contributed by atoms with Gasteiger partial charge in [-0.1, -0.05) is 33.6 Å². The predicted molar refractivity (Wildman–Crippen MR) is 68.1 cm³/mol. The fourth-order valence-electron chi connectivity index (χ4n) is 1.28. The maximum Gasteiger partial charge on any atom is 0.251 e. The van der Waals surface area contributed by atoms with Gasteiger partial charge < -0.3 is 10.1 Å². The molecule has 4 heteroatoms. The second-order valence-electron chi connectivity index (χ2n) is 3.43. The van der Waals surface area contributed by atoms with Crippen LogP contribution in [0.25, 0.3) is 0 Å². The summed E-state index contributed by atoms with van der Waals surface area (Å²) in [7, 11) is 0. The summed E-state index contributed by atoms with van der Waals surface area (Å²) in [5.74, 6) is -0.0499. The first-order chi connectivity index (χ1) is 7.74. The Morgan fingerprint density at radius 3 is 2.94 bits per heavy atom. The molecular formula is C12H16BrNO2. The van der Waals surface area contributed by atoms with Crippen LogP contribution in [0.3, 0.4) is 0 Å². The van der Waals surface area contributed by atoms with E-state index in [0.717, 1.165) is 10.9 Å². The van der Waals surface area contributed by atoms with Crippen LogP contribution in [0.1, 0.15) is 15.9 Å². The first kappa shape index (κ1) is 13.2. The van der Waals surface area contributed by atoms with Crippen molar-refractivity contribution in [2.75, 3.05) is 25.1 Å². The molecule has 0 radical (unpaired) electrons. The SMILES string of the molecule is Cc1cccc(C(=O)NCCOCCBr)c1. The Morgan fingerprint density at radius 2 is 2.25 bits per heavy atom. The second kappa shape index (κ2) is 7.41. The Kier molecular flexibility index (Phi) is 6.11. The van der Waals surface area contributed by atoms with Gasteiger partial charge in [-0.05, 0) is 19.1 Å². The lowest BCUT2D eigenvalue weighted by molar-refractivity contribution is 0.0924. The Balaban J connectivity index is 2.30. The quantitative estimate of drug-likeness (QED) is 0.642. The van der Waals surface area contributed by atoms with Crippen molar-refractivity contribution < 1.29 is 9.53 Å². The van der Waals surface area contributed by atoms with E-state index in [1.807, 2.05) is 31.2 Å². The Hall–Kier alpha value is -0.870. The number of carbonyl (C=O) groups excluding carboxylic acids is 1. The lowest BCUT2D eigenvalue weighted by Crippen LogP contribution is -2.27. The fraction of sp³-hybridized carbons (Fsp3) is 0.417. The smallest absolute Gasteiger partial charge is 0.251 e. The van der Waals surface area contributed by atoms with E-state index in [1.165, 1.54) is 0 Å². The molecule has 3 nitrogen and oxygen atoms in total. The average Bonchev–Trinajstić information content (AvgIpc) is 2.28. The van der Waals surface area contributed by atoms with Crippen LogP contribution in [-0.4, -0.2) is 31.0 Å². The number of benzene rings is 1. The van der Waals surface area contributed by atoms with Crippen LogP contribution in [0, 0.1) is 6.92 Å². The van der Waals surface area contributed by atoms with Gasteiger partial charge in [-0.3, -0.25) is 4.79 Å². The number of carbonyl (C=O) groups is 1. The molecule has 0 aliphatic rings. The van der Waals surface area contributed by atoms with Crippen LogP contribution >= 0.6 is 15.9 Å². The topological polar surface area (TPSA) is 38.3 Å². The molecule has 0 bridgehead atoms. The zero-order chi connectivity index (χ0) is 11.8. The molecule has 0 spiro atoms. The molecule has 88 valence electrons. The number of nitrogens with one attached hydrogen (secondary N) is 1. The molecule has 1 amide bonds. The average molecular weight is 286 g/mol. The van der Waals surface area contributed by atoms with Crippen molar-refractivity contribution in [3.05, 3.63) is 35.4 Å². The van der Waals surface area contributed by atoms with Crippen LogP contribution in [0.15, 0.2) is 24.3 Å². The summed E-state index contributed by atoms with van der Waals surface area (Å²) < 4.78 is 5.23. The normalized spacial score (nSPS) is 10.1. The number of hydrogen-bond donors (Lipinski definition) is 1. The zero-order valence-electron chi connectivity index (χ0n) is 9.33. The van der Waals surface area contributed by atoms with Crippen LogP contribution in [0.2, 0.25) is 0 Å². The minimum atomic E-state index is -0.0499. The van der Waals surface area contributed by atoms with E-state index in [9.17, 15) is 4.79 Å². The molecule has 0 fully saturated rings. The molecule has 0 saturated carbocycles. The molecule has 0 aliphatic heterocycles. The third-order valence-electron chi connectivity index (χ3n) is 2.03. The number of alkyl halides is 1. The summed E-state index contributed by atoms with van der Waals surface area (Å²) in [6, 6.07) is 7.53. The minimum absolute atomic E-state index is 0.0499. The van der Waals surface area contributed by atoms with Gasteiger partial charge >= 0.3 is 0 Å². The highest BCUT2D eigenvalue weighted by atomic mass is 79.9. The summed E-state index contributed by atoms with van der Waals surface area (Å²) in [6.07, 6.45) is 0. The highest BCUT2D eigenvalue weighted by molar-refractivity contribution is 9.09. The number of hydrogen-bond acceptors (Lipinski definition) is 2. The maximum absolute atomic E-state index is 11.7. The van der Waals surface area contributed by atoms with E-state index >= 15 is 0 Å². The van der Waals surface area contributed by atoms with Crippen LogP contribution in [-0.2, 0) is 4.74 Å². The van der Waals surface area contributed by atoms with Gasteiger partial charge in [-0.25, -0.2) is 0 Å². The van der Waals surface area contributed by atoms with Crippen molar-refractivity contribution in [2.24, 2.45) is 0 Å². The predicted octanol–water partition coefficient (Wildman–Crippen LogP) is 2.14. The van der Waals surface area contributed by atoms with Gasteiger partial charge in [-0.15, -0.1) is 0 Å². The van der Waals surface area contributed by atoms with Gasteiger partial charge in [0, 0.05) is 17.4 Å². The number of rotatable bonds is 6. The molecular weight excluding hydrogens is 270 g/mol. The lowest BCUT2D eigenvalue weighted by Gasteiger charge is -2.06. The maximum atomic E-state index is 11.7. The largest absolute Gasteiger partial charge is 0.379 e. The first-order valence-electron chi connectivity index (χ1n) is 5.22. The van der Waals surface area contributed by atoms with Crippen molar-refractivity contribution in [2.45, 2.75) is 6.92 Å². The van der Waals surface area contributed by atoms with E-state index in [4.69, 9.17) is 4.74 Å². The standard InChI is InChI=1S/C12H16BrNO2/c1-10-3-2-4-11(9-10)12(15)14-6-8-16-7-5-13/h2-4,9H,5-8H2,1H3,(H,14,15). The molecule has 0 atom stereocenters. The van der Waals surface area contributed by atoms with E-state index in [2.05, 4.69) is 21.2 Å². The lowest BCUT2D eigenvalue weighted by atomic mass is 10.1. The van der Waals surface area contributed by atoms with Crippen LogP contribution < -0.4 is 5.32 Å². The van der Waals surface area contributed by atoms with Gasteiger partial charge in [0.15, 0.2) is 0 Å². The van der Waals surface area contributed by atoms with E-state index in [0.29, 0.717) is 25.3 Å². The van der Waals surface area contributed by atoms with E-state index in [-0.39, 0.29) is 5.91 Å². The monoisotopic (exact) mass is 285 g/mol. The molecule has 0 unspecified atom stereocenters. The van der Waals surface area contributed by atoms with Crippen molar-refractivity contribution in [1.82, 2.24) is 5.32 Å². The van der Waals surface area contributed by atoms with E-state index < -0.39 is 0 Å². The minimum Gasteiger partial charge on any atom is -0.379 e. The summed E-state index contributed by atoms with van der Waals surface area (Å²) >= 11 is 3.26. The number of ether oxygens (including phenoxy) is 1. The Labute approximate surface area is 104 Å². The Bertz CT molecular complexity index is 342. The molecule has 1 N–H and O–H groups in total. The highest BCUT2D eigenvalue weighted by Gasteiger charge is 2.03. The van der Waals surface area contributed by atoms with Crippen molar-refractivity contribution in [1.29, 1.82) is 0 Å². The third kappa shape index (κ3) is 4.77. The van der Waals surface area contributed by atoms with Crippen LogP contribution in [0.4, 0.5) is 0 Å². The molecule has 1 aromatic rings. The fourth-order valence-corrected chi connectivity index (χ4v) is 1.51. The number of amides is 1. The summed E-state index contributed by atoms with van der Waals surface area (Å²) in [6.45, 7) is 3.72.